The van der Waals surface area contributed by atoms with Crippen molar-refractivity contribution in [1.29, 1.82) is 0 Å². The average molecular weight is 675 g/mol. The highest BCUT2D eigenvalue weighted by Crippen LogP contribution is 2.22. The molecule has 9 nitrogen and oxygen atoms in total. The molecule has 9 heteroatoms. The third-order valence-electron chi connectivity index (χ3n) is 8.01. The molecule has 0 unspecified atom stereocenters. The van der Waals surface area contributed by atoms with E-state index in [1.807, 2.05) is 43.3 Å². The Balaban J connectivity index is 1.27. The van der Waals surface area contributed by atoms with Crippen LogP contribution in [0.25, 0.3) is 6.08 Å². The minimum Gasteiger partial charge on any atom is -0.494 e. The highest BCUT2D eigenvalue weighted by Gasteiger charge is 2.20. The van der Waals surface area contributed by atoms with Crippen molar-refractivity contribution in [3.05, 3.63) is 90.0 Å². The van der Waals surface area contributed by atoms with Crippen molar-refractivity contribution >= 4 is 29.8 Å². The van der Waals surface area contributed by atoms with Gasteiger partial charge in [-0.25, -0.2) is 9.59 Å². The minimum absolute atomic E-state index is 0.0505. The molecule has 0 spiro atoms. The zero-order valence-corrected chi connectivity index (χ0v) is 28.8. The largest absolute Gasteiger partial charge is 0.494 e. The first-order valence-electron chi connectivity index (χ1n) is 17.3. The second kappa shape index (κ2) is 22.1. The molecule has 0 heterocycles. The van der Waals surface area contributed by atoms with Crippen molar-refractivity contribution in [3.8, 4) is 11.5 Å². The maximum absolute atomic E-state index is 12.8. The second-order valence-corrected chi connectivity index (χ2v) is 12.1. The summed E-state index contributed by atoms with van der Waals surface area (Å²) < 4.78 is 27.3. The summed E-state index contributed by atoms with van der Waals surface area (Å²) in [5.41, 5.74) is 2.45. The smallest absolute Gasteiger partial charge is 0.333 e. The Morgan fingerprint density at radius 1 is 0.796 bits per heavy atom. The standard InChI is InChI=1S/C40H50O9/c1-4-38(42)47-26-11-6-5-10-25-46-37-23-19-33(28-30(37)2)36(41)22-18-32-16-20-34(21-17-32)45-24-12-13-27-48-40(44)31(3)29-39(43)49-35-14-8-7-9-15-35/h4,16-23,28,35H,1,3,5-15,24-27,29H2,2H3/b22-18+. The Morgan fingerprint density at radius 2 is 1.45 bits per heavy atom. The first-order chi connectivity index (χ1) is 23.7. The van der Waals surface area contributed by atoms with E-state index in [-0.39, 0.29) is 30.5 Å². The van der Waals surface area contributed by atoms with Crippen LogP contribution >= 0.6 is 0 Å². The normalized spacial score (nSPS) is 13.0. The first kappa shape index (κ1) is 38.8. The van der Waals surface area contributed by atoms with Crippen LogP contribution < -0.4 is 9.47 Å². The van der Waals surface area contributed by atoms with E-state index in [1.165, 1.54) is 12.5 Å². The Morgan fingerprint density at radius 3 is 2.16 bits per heavy atom. The third kappa shape index (κ3) is 15.4. The summed E-state index contributed by atoms with van der Waals surface area (Å²) in [7, 11) is 0. The molecule has 1 fully saturated rings. The molecule has 2 aromatic carbocycles. The molecule has 0 amide bonds. The summed E-state index contributed by atoms with van der Waals surface area (Å²) in [5.74, 6) is -0.0422. The van der Waals surface area contributed by atoms with Crippen molar-refractivity contribution in [1.82, 2.24) is 0 Å². The van der Waals surface area contributed by atoms with Crippen LogP contribution in [-0.4, -0.2) is 56.2 Å². The Bertz CT molecular complexity index is 1420. The molecule has 0 atom stereocenters. The molecule has 0 N–H and O–H groups in total. The van der Waals surface area contributed by atoms with Gasteiger partial charge in [-0.2, -0.15) is 0 Å². The Labute approximate surface area is 290 Å². The quantitative estimate of drug-likeness (QED) is 0.0402. The fourth-order valence-electron chi connectivity index (χ4n) is 5.20. The van der Waals surface area contributed by atoms with E-state index in [1.54, 1.807) is 18.2 Å². The van der Waals surface area contributed by atoms with Gasteiger partial charge in [0.05, 0.1) is 32.8 Å². The molecule has 264 valence electrons. The van der Waals surface area contributed by atoms with E-state index in [4.69, 9.17) is 23.7 Å². The molecule has 3 rings (SSSR count). The van der Waals surface area contributed by atoms with Gasteiger partial charge in [-0.05, 0) is 119 Å². The number of ketones is 1. The van der Waals surface area contributed by atoms with Gasteiger partial charge in [0.1, 0.15) is 17.6 Å². The van der Waals surface area contributed by atoms with E-state index in [0.29, 0.717) is 44.0 Å². The predicted molar refractivity (Wildman–Crippen MR) is 189 cm³/mol. The number of aryl methyl sites for hydroxylation is 1. The summed E-state index contributed by atoms with van der Waals surface area (Å²) in [6.45, 7) is 10.6. The van der Waals surface area contributed by atoms with Crippen LogP contribution in [0.15, 0.2) is 73.3 Å². The number of esters is 3. The molecule has 2 aromatic rings. The lowest BCUT2D eigenvalue weighted by molar-refractivity contribution is -0.151. The molecule has 0 aromatic heterocycles. The van der Waals surface area contributed by atoms with Crippen molar-refractivity contribution in [2.75, 3.05) is 26.4 Å². The van der Waals surface area contributed by atoms with Crippen LogP contribution in [0, 0.1) is 6.92 Å². The number of rotatable bonds is 22. The maximum Gasteiger partial charge on any atom is 0.333 e. The van der Waals surface area contributed by atoms with E-state index in [0.717, 1.165) is 68.2 Å². The molecule has 0 radical (unpaired) electrons. The lowest BCUT2D eigenvalue weighted by Crippen LogP contribution is -2.22. The Hall–Kier alpha value is -4.66. The number of hydrogen-bond acceptors (Lipinski definition) is 9. The number of hydrogen-bond donors (Lipinski definition) is 0. The SMILES string of the molecule is C=CC(=O)OCCCCCCOc1ccc(C(=O)/C=C/c2ccc(OCCCCOC(=O)C(=C)CC(=O)OC3CCCCC3)cc2)cc1C. The van der Waals surface area contributed by atoms with Crippen molar-refractivity contribution in [2.45, 2.75) is 90.1 Å². The number of ether oxygens (including phenoxy) is 5. The average Bonchev–Trinajstić information content (AvgIpc) is 3.10. The fourth-order valence-corrected chi connectivity index (χ4v) is 5.20. The summed E-state index contributed by atoms with van der Waals surface area (Å²) in [5, 5.41) is 0. The summed E-state index contributed by atoms with van der Waals surface area (Å²) in [6, 6.07) is 12.9. The summed E-state index contributed by atoms with van der Waals surface area (Å²) >= 11 is 0. The molecule has 0 saturated heterocycles. The van der Waals surface area contributed by atoms with Gasteiger partial charge in [-0.3, -0.25) is 9.59 Å². The van der Waals surface area contributed by atoms with E-state index >= 15 is 0 Å². The van der Waals surface area contributed by atoms with Gasteiger partial charge < -0.3 is 23.7 Å². The lowest BCUT2D eigenvalue weighted by atomic mass is 9.98. The summed E-state index contributed by atoms with van der Waals surface area (Å²) in [4.78, 5) is 48.0. The molecule has 1 saturated carbocycles. The monoisotopic (exact) mass is 674 g/mol. The van der Waals surface area contributed by atoms with Crippen molar-refractivity contribution < 1.29 is 42.9 Å². The molecular formula is C40H50O9. The number of carbonyl (C=O) groups excluding carboxylic acids is 4. The number of carbonyl (C=O) groups is 4. The molecule has 1 aliphatic rings. The topological polar surface area (TPSA) is 114 Å². The van der Waals surface area contributed by atoms with Gasteiger partial charge in [0, 0.05) is 17.2 Å². The van der Waals surface area contributed by atoms with E-state index in [2.05, 4.69) is 13.2 Å². The lowest BCUT2D eigenvalue weighted by Gasteiger charge is -2.21. The van der Waals surface area contributed by atoms with Crippen LogP contribution in [0.2, 0.25) is 0 Å². The van der Waals surface area contributed by atoms with Crippen molar-refractivity contribution in [3.63, 3.8) is 0 Å². The van der Waals surface area contributed by atoms with Gasteiger partial charge in [-0.15, -0.1) is 0 Å². The first-order valence-corrected chi connectivity index (χ1v) is 17.3. The second-order valence-electron chi connectivity index (χ2n) is 12.1. The van der Waals surface area contributed by atoms with Gasteiger partial charge in [0.15, 0.2) is 5.78 Å². The van der Waals surface area contributed by atoms with E-state index < -0.39 is 17.9 Å². The molecule has 1 aliphatic carbocycles. The number of benzene rings is 2. The molecule has 49 heavy (non-hydrogen) atoms. The van der Waals surface area contributed by atoms with Gasteiger partial charge in [-0.1, -0.05) is 37.8 Å². The fraction of sp³-hybridized carbons (Fsp3) is 0.450. The highest BCUT2D eigenvalue weighted by molar-refractivity contribution is 6.07. The molecular weight excluding hydrogens is 624 g/mol. The van der Waals surface area contributed by atoms with Crippen LogP contribution in [0.5, 0.6) is 11.5 Å². The highest BCUT2D eigenvalue weighted by atomic mass is 16.5. The van der Waals surface area contributed by atoms with Gasteiger partial charge >= 0.3 is 17.9 Å². The number of allylic oxidation sites excluding steroid dienone is 1. The van der Waals surface area contributed by atoms with Crippen molar-refractivity contribution in [2.24, 2.45) is 0 Å². The molecule has 0 bridgehead atoms. The van der Waals surface area contributed by atoms with Crippen LogP contribution in [0.4, 0.5) is 0 Å². The minimum atomic E-state index is -0.577. The third-order valence-corrected chi connectivity index (χ3v) is 8.01. The van der Waals surface area contributed by atoms with Crippen LogP contribution in [0.1, 0.15) is 98.5 Å². The Kier molecular flexibility index (Phi) is 17.5. The van der Waals surface area contributed by atoms with Crippen LogP contribution in [-0.2, 0) is 28.6 Å². The van der Waals surface area contributed by atoms with Gasteiger partial charge in [0.2, 0.25) is 0 Å². The van der Waals surface area contributed by atoms with Crippen LogP contribution in [0.3, 0.4) is 0 Å². The molecule has 0 aliphatic heterocycles. The maximum atomic E-state index is 12.8. The number of unbranched alkanes of at least 4 members (excludes halogenated alkanes) is 4. The summed E-state index contributed by atoms with van der Waals surface area (Å²) in [6.07, 6.45) is 14.2. The zero-order chi connectivity index (χ0) is 35.3. The van der Waals surface area contributed by atoms with Gasteiger partial charge in [0.25, 0.3) is 0 Å². The predicted octanol–water partition coefficient (Wildman–Crippen LogP) is 8.08. The van der Waals surface area contributed by atoms with E-state index in [9.17, 15) is 19.2 Å². The zero-order valence-electron chi connectivity index (χ0n) is 28.8.